The molecule has 1 fully saturated rings. The molecule has 0 saturated carbocycles. The van der Waals surface area contributed by atoms with Crippen molar-refractivity contribution in [3.63, 3.8) is 0 Å². The number of carbonyl (C=O) groups is 2. The molecule has 0 radical (unpaired) electrons. The monoisotopic (exact) mass is 469 g/mol. The van der Waals surface area contributed by atoms with Gasteiger partial charge in [-0.25, -0.2) is 4.98 Å². The largest absolute Gasteiger partial charge is 0.344 e. The molecule has 1 aliphatic carbocycles. The van der Waals surface area contributed by atoms with Gasteiger partial charge in [0.15, 0.2) is 0 Å². The number of fused-ring (bicyclic) bond motifs is 1. The number of hydrogen-bond acceptors (Lipinski definition) is 4. The molecule has 0 spiro atoms. The number of nitrogens with one attached hydrogen (secondary N) is 1. The molecule has 2 aliphatic rings. The van der Waals surface area contributed by atoms with Crippen molar-refractivity contribution in [2.24, 2.45) is 0 Å². The lowest BCUT2D eigenvalue weighted by Gasteiger charge is -2.29. The Labute approximate surface area is 204 Å². The molecule has 34 heavy (non-hydrogen) atoms. The number of hydrogen-bond donors (Lipinski definition) is 1. The summed E-state index contributed by atoms with van der Waals surface area (Å²) in [6.45, 7) is 1.32. The smallest absolute Gasteiger partial charge is 0.298 e. The van der Waals surface area contributed by atoms with Gasteiger partial charge in [-0.3, -0.25) is 9.59 Å². The molecule has 1 aromatic heterocycles. The fourth-order valence-corrected chi connectivity index (χ4v) is 5.74. The van der Waals surface area contributed by atoms with Gasteiger partial charge in [-0.2, -0.15) is 0 Å². The normalized spacial score (nSPS) is 17.9. The van der Waals surface area contributed by atoms with E-state index < -0.39 is 0 Å². The number of carbonyl (C=O) groups excluding carboxylic acids is 2. The van der Waals surface area contributed by atoms with E-state index in [1.807, 2.05) is 46.7 Å². The van der Waals surface area contributed by atoms with E-state index >= 15 is 0 Å². The van der Waals surface area contributed by atoms with Gasteiger partial charge in [-0.05, 0) is 55.4 Å². The highest BCUT2D eigenvalue weighted by Crippen LogP contribution is 2.32. The molecular formula is C28H27N3O2S. The Bertz CT molecular complexity index is 1230. The number of aryl methyl sites for hydroxylation is 1. The van der Waals surface area contributed by atoms with Crippen molar-refractivity contribution in [2.45, 2.75) is 44.1 Å². The first kappa shape index (κ1) is 22.4. The van der Waals surface area contributed by atoms with E-state index in [9.17, 15) is 9.59 Å². The summed E-state index contributed by atoms with van der Waals surface area (Å²) in [5.41, 5.74) is 3.89. The third-order valence-electron chi connectivity index (χ3n) is 6.65. The van der Waals surface area contributed by atoms with Crippen molar-refractivity contribution in [3.8, 4) is 11.8 Å². The van der Waals surface area contributed by atoms with Crippen LogP contribution in [-0.2, 0) is 11.2 Å². The van der Waals surface area contributed by atoms with Crippen LogP contribution in [0, 0.1) is 11.8 Å². The Morgan fingerprint density at radius 3 is 2.59 bits per heavy atom. The van der Waals surface area contributed by atoms with E-state index in [0.29, 0.717) is 18.8 Å². The predicted octanol–water partition coefficient (Wildman–Crippen LogP) is 4.71. The first-order chi connectivity index (χ1) is 16.7. The van der Waals surface area contributed by atoms with Crippen LogP contribution in [0.25, 0.3) is 0 Å². The zero-order valence-corrected chi connectivity index (χ0v) is 19.8. The number of amides is 2. The van der Waals surface area contributed by atoms with Gasteiger partial charge in [-0.15, -0.1) is 11.3 Å². The maximum absolute atomic E-state index is 12.9. The fourth-order valence-electron chi connectivity index (χ4n) is 4.77. The maximum Gasteiger partial charge on any atom is 0.298 e. The highest BCUT2D eigenvalue weighted by Gasteiger charge is 2.27. The van der Waals surface area contributed by atoms with Crippen molar-refractivity contribution in [1.82, 2.24) is 15.2 Å². The Morgan fingerprint density at radius 1 is 1.00 bits per heavy atom. The first-order valence-corrected chi connectivity index (χ1v) is 12.8. The molecule has 1 unspecified atom stereocenters. The van der Waals surface area contributed by atoms with Crippen LogP contribution < -0.4 is 5.32 Å². The number of aromatic nitrogens is 1. The Balaban J connectivity index is 1.16. The van der Waals surface area contributed by atoms with Gasteiger partial charge in [0.05, 0.1) is 11.0 Å². The number of rotatable bonds is 3. The lowest BCUT2D eigenvalue weighted by Crippen LogP contribution is -2.37. The molecule has 6 heteroatoms. The van der Waals surface area contributed by atoms with Gasteiger partial charge in [0.1, 0.15) is 5.69 Å². The van der Waals surface area contributed by atoms with Crippen LogP contribution >= 0.6 is 11.3 Å². The summed E-state index contributed by atoms with van der Waals surface area (Å²) in [7, 11) is 0. The Kier molecular flexibility index (Phi) is 6.73. The molecule has 5 nitrogen and oxygen atoms in total. The Morgan fingerprint density at radius 2 is 1.76 bits per heavy atom. The molecule has 172 valence electrons. The molecule has 5 rings (SSSR count). The summed E-state index contributed by atoms with van der Waals surface area (Å²) in [5, 5.41) is 6.04. The SMILES string of the molecule is O=C(NC1CCCc2ccccc21)c1csc(C2CCN(C(=O)C#Cc3ccccc3)CC2)n1. The van der Waals surface area contributed by atoms with Gasteiger partial charge < -0.3 is 10.2 Å². The van der Waals surface area contributed by atoms with Crippen LogP contribution in [0.15, 0.2) is 60.0 Å². The molecular weight excluding hydrogens is 442 g/mol. The van der Waals surface area contributed by atoms with E-state index in [1.54, 1.807) is 11.3 Å². The van der Waals surface area contributed by atoms with E-state index in [0.717, 1.165) is 42.7 Å². The molecule has 2 aromatic carbocycles. The highest BCUT2D eigenvalue weighted by molar-refractivity contribution is 7.09. The fraction of sp³-hybridized carbons (Fsp3) is 0.321. The second kappa shape index (κ2) is 10.2. The number of thiazole rings is 1. The third-order valence-corrected chi connectivity index (χ3v) is 7.66. The molecule has 1 saturated heterocycles. The van der Waals surface area contributed by atoms with Crippen molar-refractivity contribution < 1.29 is 9.59 Å². The second-order valence-electron chi connectivity index (χ2n) is 8.87. The number of nitrogens with zero attached hydrogens (tertiary/aromatic N) is 2. The molecule has 2 amide bonds. The molecule has 1 atom stereocenters. The summed E-state index contributed by atoms with van der Waals surface area (Å²) in [6.07, 6.45) is 4.78. The van der Waals surface area contributed by atoms with E-state index in [1.165, 1.54) is 11.1 Å². The maximum atomic E-state index is 12.9. The van der Waals surface area contributed by atoms with Gasteiger partial charge in [0.25, 0.3) is 11.8 Å². The summed E-state index contributed by atoms with van der Waals surface area (Å²) >= 11 is 1.55. The van der Waals surface area contributed by atoms with Gasteiger partial charge >= 0.3 is 0 Å². The highest BCUT2D eigenvalue weighted by atomic mass is 32.1. The minimum absolute atomic E-state index is 0.0499. The summed E-state index contributed by atoms with van der Waals surface area (Å²) < 4.78 is 0. The second-order valence-corrected chi connectivity index (χ2v) is 9.76. The quantitative estimate of drug-likeness (QED) is 0.565. The summed E-state index contributed by atoms with van der Waals surface area (Å²) in [4.78, 5) is 31.9. The molecule has 3 aromatic rings. The van der Waals surface area contributed by atoms with Gasteiger partial charge in [0.2, 0.25) is 0 Å². The predicted molar refractivity (Wildman–Crippen MR) is 134 cm³/mol. The van der Waals surface area contributed by atoms with Crippen LogP contribution in [-0.4, -0.2) is 34.8 Å². The van der Waals surface area contributed by atoms with Crippen LogP contribution in [0.1, 0.15) is 69.8 Å². The average Bonchev–Trinajstić information content (AvgIpc) is 3.39. The summed E-state index contributed by atoms with van der Waals surface area (Å²) in [6, 6.07) is 18.0. The molecule has 1 N–H and O–H groups in total. The molecule has 2 heterocycles. The van der Waals surface area contributed by atoms with Crippen molar-refractivity contribution in [3.05, 3.63) is 87.4 Å². The number of benzene rings is 2. The van der Waals surface area contributed by atoms with Gasteiger partial charge in [-0.1, -0.05) is 48.4 Å². The summed E-state index contributed by atoms with van der Waals surface area (Å²) in [5.74, 6) is 5.74. The van der Waals surface area contributed by atoms with Crippen LogP contribution in [0.5, 0.6) is 0 Å². The minimum atomic E-state index is -0.130. The molecule has 1 aliphatic heterocycles. The van der Waals surface area contributed by atoms with E-state index in [4.69, 9.17) is 0 Å². The average molecular weight is 470 g/mol. The van der Waals surface area contributed by atoms with Crippen molar-refractivity contribution >= 4 is 23.2 Å². The van der Waals surface area contributed by atoms with Crippen molar-refractivity contribution in [2.75, 3.05) is 13.1 Å². The number of likely N-dealkylation sites (tertiary alicyclic amines) is 1. The lowest BCUT2D eigenvalue weighted by atomic mass is 9.88. The zero-order chi connectivity index (χ0) is 23.3. The van der Waals surface area contributed by atoms with E-state index in [2.05, 4.69) is 40.3 Å². The molecule has 0 bridgehead atoms. The van der Waals surface area contributed by atoms with Crippen LogP contribution in [0.4, 0.5) is 0 Å². The van der Waals surface area contributed by atoms with Gasteiger partial charge in [0, 0.05) is 35.9 Å². The van der Waals surface area contributed by atoms with Crippen LogP contribution in [0.2, 0.25) is 0 Å². The lowest BCUT2D eigenvalue weighted by molar-refractivity contribution is -0.126. The van der Waals surface area contributed by atoms with Crippen LogP contribution in [0.3, 0.4) is 0 Å². The Hall–Kier alpha value is -3.43. The minimum Gasteiger partial charge on any atom is -0.344 e. The van der Waals surface area contributed by atoms with E-state index in [-0.39, 0.29) is 23.8 Å². The first-order valence-electron chi connectivity index (χ1n) is 11.9. The third kappa shape index (κ3) is 5.05. The van der Waals surface area contributed by atoms with Crippen molar-refractivity contribution in [1.29, 1.82) is 0 Å². The number of piperidine rings is 1. The standard InChI is InChI=1S/C28H27N3O2S/c32-26(14-13-20-7-2-1-3-8-20)31-17-15-22(16-18-31)28-30-25(19-34-28)27(33)29-24-12-6-10-21-9-4-5-11-23(21)24/h1-5,7-9,11,19,22,24H,6,10,12,15-18H2,(H,29,33). The zero-order valence-electron chi connectivity index (χ0n) is 19.0. The topological polar surface area (TPSA) is 62.3 Å².